The standard InChI is InChI=1S/C19H16N4O4S/c1-28(26,27)15-9-5-8-14(10-15)23-17-16(20-12-21-17)18(24)22(19(23)25)11-13-6-3-2-4-7-13/h2-10,12H,11H2,1H3,(H,20,21). The number of rotatable bonds is 4. The molecule has 28 heavy (non-hydrogen) atoms. The van der Waals surface area contributed by atoms with Gasteiger partial charge in [0, 0.05) is 6.26 Å². The van der Waals surface area contributed by atoms with Crippen molar-refractivity contribution in [2.75, 3.05) is 6.26 Å². The van der Waals surface area contributed by atoms with Gasteiger partial charge in [0.1, 0.15) is 5.52 Å². The molecule has 0 saturated carbocycles. The van der Waals surface area contributed by atoms with Crippen LogP contribution in [0.4, 0.5) is 0 Å². The Morgan fingerprint density at radius 3 is 2.50 bits per heavy atom. The van der Waals surface area contributed by atoms with Gasteiger partial charge in [-0.15, -0.1) is 0 Å². The molecule has 0 aliphatic rings. The van der Waals surface area contributed by atoms with Gasteiger partial charge in [-0.2, -0.15) is 0 Å². The molecule has 2 heterocycles. The predicted molar refractivity (Wildman–Crippen MR) is 105 cm³/mol. The molecular weight excluding hydrogens is 380 g/mol. The zero-order chi connectivity index (χ0) is 19.9. The van der Waals surface area contributed by atoms with E-state index in [2.05, 4.69) is 9.97 Å². The van der Waals surface area contributed by atoms with Crippen LogP contribution in [0.5, 0.6) is 0 Å². The summed E-state index contributed by atoms with van der Waals surface area (Å²) in [5.41, 5.74) is 0.324. The van der Waals surface area contributed by atoms with Gasteiger partial charge < -0.3 is 4.98 Å². The molecule has 0 aliphatic carbocycles. The summed E-state index contributed by atoms with van der Waals surface area (Å²) >= 11 is 0. The molecule has 0 saturated heterocycles. The van der Waals surface area contributed by atoms with Crippen molar-refractivity contribution in [3.63, 3.8) is 0 Å². The molecular formula is C19H16N4O4S. The number of hydrogen-bond donors (Lipinski definition) is 1. The summed E-state index contributed by atoms with van der Waals surface area (Å²) in [7, 11) is -3.47. The van der Waals surface area contributed by atoms with Gasteiger partial charge in [0.15, 0.2) is 15.5 Å². The molecule has 0 radical (unpaired) electrons. The summed E-state index contributed by atoms with van der Waals surface area (Å²) in [6, 6.07) is 15.1. The minimum absolute atomic E-state index is 0.0707. The van der Waals surface area contributed by atoms with Crippen LogP contribution < -0.4 is 11.2 Å². The SMILES string of the molecule is CS(=O)(=O)c1cccc(-n2c(=O)n(Cc3ccccc3)c(=O)c3[nH]cnc32)c1. The molecule has 0 fully saturated rings. The molecule has 0 unspecified atom stereocenters. The van der Waals surface area contributed by atoms with E-state index >= 15 is 0 Å². The molecule has 0 amide bonds. The number of hydrogen-bond acceptors (Lipinski definition) is 5. The van der Waals surface area contributed by atoms with E-state index in [9.17, 15) is 18.0 Å². The largest absolute Gasteiger partial charge is 0.339 e. The van der Waals surface area contributed by atoms with E-state index in [1.54, 1.807) is 12.1 Å². The highest BCUT2D eigenvalue weighted by molar-refractivity contribution is 7.90. The lowest BCUT2D eigenvalue weighted by atomic mass is 10.2. The van der Waals surface area contributed by atoms with Crippen molar-refractivity contribution >= 4 is 21.0 Å². The maximum absolute atomic E-state index is 13.2. The highest BCUT2D eigenvalue weighted by Gasteiger charge is 2.18. The third-order valence-corrected chi connectivity index (χ3v) is 5.51. The van der Waals surface area contributed by atoms with Crippen LogP contribution in [-0.2, 0) is 16.4 Å². The van der Waals surface area contributed by atoms with Gasteiger partial charge in [-0.25, -0.2) is 22.8 Å². The quantitative estimate of drug-likeness (QED) is 0.560. The van der Waals surface area contributed by atoms with Gasteiger partial charge >= 0.3 is 5.69 Å². The second-order valence-corrected chi connectivity index (χ2v) is 8.38. The van der Waals surface area contributed by atoms with E-state index < -0.39 is 21.1 Å². The van der Waals surface area contributed by atoms with Crippen LogP contribution in [-0.4, -0.2) is 33.8 Å². The fourth-order valence-electron chi connectivity index (χ4n) is 3.04. The number of nitrogens with zero attached hydrogens (tertiary/aromatic N) is 3. The molecule has 4 aromatic rings. The lowest BCUT2D eigenvalue weighted by molar-refractivity contribution is 0.601. The van der Waals surface area contributed by atoms with E-state index in [1.807, 2.05) is 30.3 Å². The first-order chi connectivity index (χ1) is 13.4. The second kappa shape index (κ2) is 6.61. The molecule has 2 aromatic carbocycles. The maximum Gasteiger partial charge on any atom is 0.337 e. The van der Waals surface area contributed by atoms with Gasteiger partial charge in [-0.1, -0.05) is 36.4 Å². The molecule has 8 nitrogen and oxygen atoms in total. The van der Waals surface area contributed by atoms with Crippen molar-refractivity contribution in [3.8, 4) is 5.69 Å². The van der Waals surface area contributed by atoms with E-state index in [0.717, 1.165) is 16.4 Å². The lowest BCUT2D eigenvalue weighted by Gasteiger charge is -2.12. The smallest absolute Gasteiger partial charge is 0.337 e. The van der Waals surface area contributed by atoms with Crippen LogP contribution in [0.1, 0.15) is 5.56 Å². The Hall–Kier alpha value is -3.46. The Bertz CT molecular complexity index is 1400. The Morgan fingerprint density at radius 1 is 1.04 bits per heavy atom. The predicted octanol–water partition coefficient (Wildman–Crippen LogP) is 1.33. The number of benzene rings is 2. The average molecular weight is 396 g/mol. The summed E-state index contributed by atoms with van der Waals surface area (Å²) in [6.07, 6.45) is 2.42. The molecule has 0 aliphatic heterocycles. The fraction of sp³-hybridized carbons (Fsp3) is 0.105. The number of H-pyrrole nitrogens is 1. The molecule has 4 rings (SSSR count). The average Bonchev–Trinajstić information content (AvgIpc) is 3.15. The van der Waals surface area contributed by atoms with E-state index in [4.69, 9.17) is 0 Å². The molecule has 2 aromatic heterocycles. The van der Waals surface area contributed by atoms with Crippen molar-refractivity contribution < 1.29 is 8.42 Å². The van der Waals surface area contributed by atoms with Crippen LogP contribution in [0.15, 0.2) is 75.4 Å². The summed E-state index contributed by atoms with van der Waals surface area (Å²) in [5.74, 6) is 0. The first kappa shape index (κ1) is 17.9. The van der Waals surface area contributed by atoms with E-state index in [-0.39, 0.29) is 22.6 Å². The molecule has 0 spiro atoms. The molecule has 0 bridgehead atoms. The van der Waals surface area contributed by atoms with Crippen molar-refractivity contribution in [3.05, 3.63) is 87.3 Å². The monoisotopic (exact) mass is 396 g/mol. The molecule has 1 N–H and O–H groups in total. The number of fused-ring (bicyclic) bond motifs is 1. The van der Waals surface area contributed by atoms with Crippen LogP contribution in [0.2, 0.25) is 0 Å². The molecule has 9 heteroatoms. The van der Waals surface area contributed by atoms with E-state index in [0.29, 0.717) is 5.69 Å². The van der Waals surface area contributed by atoms with E-state index in [1.165, 1.54) is 23.0 Å². The zero-order valence-electron chi connectivity index (χ0n) is 14.9. The topological polar surface area (TPSA) is 107 Å². The minimum Gasteiger partial charge on any atom is -0.339 e. The lowest BCUT2D eigenvalue weighted by Crippen LogP contribution is -2.39. The van der Waals surface area contributed by atoms with Crippen LogP contribution >= 0.6 is 0 Å². The third-order valence-electron chi connectivity index (χ3n) is 4.40. The highest BCUT2D eigenvalue weighted by Crippen LogP contribution is 2.16. The maximum atomic E-state index is 13.2. The van der Waals surface area contributed by atoms with Crippen LogP contribution in [0, 0.1) is 0 Å². The Labute approximate surface area is 159 Å². The highest BCUT2D eigenvalue weighted by atomic mass is 32.2. The number of aromatic nitrogens is 4. The Morgan fingerprint density at radius 2 is 1.79 bits per heavy atom. The van der Waals surface area contributed by atoms with Gasteiger partial charge in [0.2, 0.25) is 0 Å². The minimum atomic E-state index is -3.47. The van der Waals surface area contributed by atoms with Gasteiger partial charge in [-0.05, 0) is 23.8 Å². The van der Waals surface area contributed by atoms with Crippen molar-refractivity contribution in [1.82, 2.24) is 19.1 Å². The summed E-state index contributed by atoms with van der Waals surface area (Å²) in [6.45, 7) is 0.0826. The van der Waals surface area contributed by atoms with Crippen LogP contribution in [0.3, 0.4) is 0 Å². The van der Waals surface area contributed by atoms with Gasteiger partial charge in [0.25, 0.3) is 5.56 Å². The summed E-state index contributed by atoms with van der Waals surface area (Å²) in [4.78, 5) is 32.9. The number of imidazole rings is 1. The Kier molecular flexibility index (Phi) is 4.23. The zero-order valence-corrected chi connectivity index (χ0v) is 15.7. The Balaban J connectivity index is 2.01. The van der Waals surface area contributed by atoms with Crippen molar-refractivity contribution in [2.45, 2.75) is 11.4 Å². The van der Waals surface area contributed by atoms with Crippen molar-refractivity contribution in [2.24, 2.45) is 0 Å². The first-order valence-corrected chi connectivity index (χ1v) is 10.3. The molecule has 142 valence electrons. The number of sulfone groups is 1. The molecule has 0 atom stereocenters. The summed E-state index contributed by atoms with van der Waals surface area (Å²) < 4.78 is 26.2. The van der Waals surface area contributed by atoms with Gasteiger partial charge in [-0.3, -0.25) is 9.36 Å². The first-order valence-electron chi connectivity index (χ1n) is 8.39. The van der Waals surface area contributed by atoms with Crippen LogP contribution in [0.25, 0.3) is 16.9 Å². The summed E-state index contributed by atoms with van der Waals surface area (Å²) in [5, 5.41) is 0. The second-order valence-electron chi connectivity index (χ2n) is 6.37. The number of nitrogens with one attached hydrogen (secondary N) is 1. The number of aromatic amines is 1. The normalized spacial score (nSPS) is 11.8. The third kappa shape index (κ3) is 3.05. The fourth-order valence-corrected chi connectivity index (χ4v) is 3.70. The van der Waals surface area contributed by atoms with Crippen molar-refractivity contribution in [1.29, 1.82) is 0 Å². The van der Waals surface area contributed by atoms with Gasteiger partial charge in [0.05, 0.1) is 23.5 Å².